The van der Waals surface area contributed by atoms with Gasteiger partial charge in [-0.25, -0.2) is 0 Å². The third kappa shape index (κ3) is 2.57. The van der Waals surface area contributed by atoms with Crippen LogP contribution in [0.15, 0.2) is 0 Å². The normalized spacial score (nSPS) is 40.9. The van der Waals surface area contributed by atoms with Crippen molar-refractivity contribution in [3.63, 3.8) is 0 Å². The number of hydrogen-bond acceptors (Lipinski definition) is 3. The highest BCUT2D eigenvalue weighted by molar-refractivity contribution is 5.04. The predicted octanol–water partition coefficient (Wildman–Crippen LogP) is 2.62. The number of ether oxygens (including phenoxy) is 1. The molecule has 2 saturated carbocycles. The Morgan fingerprint density at radius 3 is 2.53 bits per heavy atom. The van der Waals surface area contributed by atoms with Gasteiger partial charge in [0.05, 0.1) is 11.7 Å². The average Bonchev–Trinajstić information content (AvgIpc) is 2.39. The number of hydrogen-bond donors (Lipinski definition) is 2. The maximum atomic E-state index is 9.85. The fourth-order valence-corrected chi connectivity index (χ4v) is 4.18. The summed E-state index contributed by atoms with van der Waals surface area (Å²) in [4.78, 5) is 0. The molecule has 110 valence electrons. The number of nitrogens with one attached hydrogen (secondary N) is 1. The highest BCUT2D eigenvalue weighted by atomic mass is 16.5. The van der Waals surface area contributed by atoms with E-state index in [0.29, 0.717) is 12.1 Å². The molecule has 1 spiro atoms. The molecule has 0 aromatic heterocycles. The molecule has 0 aromatic rings. The summed E-state index contributed by atoms with van der Waals surface area (Å²) in [6.45, 7) is 5.26. The maximum Gasteiger partial charge on any atom is 0.0697 e. The van der Waals surface area contributed by atoms with Crippen molar-refractivity contribution in [1.82, 2.24) is 5.32 Å². The second-order valence-electron chi connectivity index (χ2n) is 7.57. The fraction of sp³-hybridized carbons (Fsp3) is 1.00. The fourth-order valence-electron chi connectivity index (χ4n) is 4.18. The molecule has 0 bridgehead atoms. The Kier molecular flexibility index (Phi) is 3.65. The first-order valence-corrected chi connectivity index (χ1v) is 8.10. The van der Waals surface area contributed by atoms with Crippen molar-refractivity contribution < 1.29 is 9.84 Å². The Labute approximate surface area is 117 Å². The van der Waals surface area contributed by atoms with Gasteiger partial charge in [0.1, 0.15) is 0 Å². The van der Waals surface area contributed by atoms with E-state index in [9.17, 15) is 5.11 Å². The molecule has 0 radical (unpaired) electrons. The molecule has 1 saturated heterocycles. The van der Waals surface area contributed by atoms with Crippen LogP contribution in [0.2, 0.25) is 0 Å². The van der Waals surface area contributed by atoms with E-state index >= 15 is 0 Å². The molecule has 19 heavy (non-hydrogen) atoms. The highest BCUT2D eigenvalue weighted by Crippen LogP contribution is 2.43. The largest absolute Gasteiger partial charge is 0.392 e. The summed E-state index contributed by atoms with van der Waals surface area (Å²) < 4.78 is 6.15. The lowest BCUT2D eigenvalue weighted by Gasteiger charge is -2.52. The lowest BCUT2D eigenvalue weighted by atomic mass is 9.64. The van der Waals surface area contributed by atoms with Crippen molar-refractivity contribution in [2.45, 2.75) is 89.0 Å². The van der Waals surface area contributed by atoms with Gasteiger partial charge < -0.3 is 15.2 Å². The summed E-state index contributed by atoms with van der Waals surface area (Å²) in [6.07, 6.45) is 9.64. The second-order valence-corrected chi connectivity index (χ2v) is 7.57. The molecule has 2 aliphatic carbocycles. The molecule has 3 unspecified atom stereocenters. The number of aliphatic hydroxyl groups is 1. The van der Waals surface area contributed by atoms with Crippen LogP contribution < -0.4 is 5.32 Å². The molecular formula is C16H29NO2. The van der Waals surface area contributed by atoms with Crippen molar-refractivity contribution in [2.24, 2.45) is 5.41 Å². The molecule has 3 heteroatoms. The van der Waals surface area contributed by atoms with E-state index in [1.54, 1.807) is 0 Å². The Bertz CT molecular complexity index is 317. The zero-order valence-corrected chi connectivity index (χ0v) is 12.5. The quantitative estimate of drug-likeness (QED) is 0.808. The van der Waals surface area contributed by atoms with Crippen LogP contribution in [-0.2, 0) is 4.74 Å². The zero-order chi connectivity index (χ0) is 13.5. The van der Waals surface area contributed by atoms with E-state index in [1.165, 1.54) is 38.5 Å². The molecule has 3 nitrogen and oxygen atoms in total. The van der Waals surface area contributed by atoms with Crippen molar-refractivity contribution >= 4 is 0 Å². The minimum Gasteiger partial charge on any atom is -0.392 e. The molecule has 3 aliphatic rings. The van der Waals surface area contributed by atoms with Gasteiger partial charge in [-0.05, 0) is 32.1 Å². The Morgan fingerprint density at radius 2 is 1.89 bits per heavy atom. The van der Waals surface area contributed by atoms with Gasteiger partial charge in [-0.15, -0.1) is 0 Å². The number of aliphatic hydroxyl groups excluding tert-OH is 1. The van der Waals surface area contributed by atoms with E-state index in [1.807, 2.05) is 0 Å². The monoisotopic (exact) mass is 267 g/mol. The number of rotatable bonds is 2. The summed E-state index contributed by atoms with van der Waals surface area (Å²) in [5.74, 6) is 0. The molecular weight excluding hydrogens is 238 g/mol. The first-order valence-electron chi connectivity index (χ1n) is 8.10. The van der Waals surface area contributed by atoms with E-state index in [4.69, 9.17) is 4.74 Å². The standard InChI is InChI=1S/C16H29NO2/c1-15(2)13(10-14(15)18)17-12-6-9-19-16(11-12)7-4-3-5-8-16/h12-14,17-18H,3-11H2,1-2H3. The van der Waals surface area contributed by atoms with Crippen molar-refractivity contribution in [3.05, 3.63) is 0 Å². The zero-order valence-electron chi connectivity index (χ0n) is 12.5. The minimum atomic E-state index is -0.131. The summed E-state index contributed by atoms with van der Waals surface area (Å²) in [5, 5.41) is 13.7. The highest BCUT2D eigenvalue weighted by Gasteiger charge is 2.49. The van der Waals surface area contributed by atoms with Crippen LogP contribution in [-0.4, -0.2) is 35.5 Å². The van der Waals surface area contributed by atoms with Gasteiger partial charge >= 0.3 is 0 Å². The molecule has 3 rings (SSSR count). The van der Waals surface area contributed by atoms with Gasteiger partial charge in [0.2, 0.25) is 0 Å². The smallest absolute Gasteiger partial charge is 0.0697 e. The molecule has 2 N–H and O–H groups in total. The van der Waals surface area contributed by atoms with Gasteiger partial charge in [-0.1, -0.05) is 33.1 Å². The van der Waals surface area contributed by atoms with Gasteiger partial charge in [-0.3, -0.25) is 0 Å². The van der Waals surface area contributed by atoms with Gasteiger partial charge in [0.25, 0.3) is 0 Å². The molecule has 3 fully saturated rings. The van der Waals surface area contributed by atoms with Crippen molar-refractivity contribution in [3.8, 4) is 0 Å². The van der Waals surface area contributed by atoms with Crippen molar-refractivity contribution in [2.75, 3.05) is 6.61 Å². The van der Waals surface area contributed by atoms with Crippen LogP contribution in [0.25, 0.3) is 0 Å². The lowest BCUT2D eigenvalue weighted by Crippen LogP contribution is -2.63. The van der Waals surface area contributed by atoms with Gasteiger partial charge in [0.15, 0.2) is 0 Å². The summed E-state index contributed by atoms with van der Waals surface area (Å²) >= 11 is 0. The Morgan fingerprint density at radius 1 is 1.16 bits per heavy atom. The molecule has 3 atom stereocenters. The van der Waals surface area contributed by atoms with E-state index in [-0.39, 0.29) is 17.1 Å². The summed E-state index contributed by atoms with van der Waals surface area (Å²) in [7, 11) is 0. The van der Waals surface area contributed by atoms with E-state index in [2.05, 4.69) is 19.2 Å². The van der Waals surface area contributed by atoms with Gasteiger partial charge in [-0.2, -0.15) is 0 Å². The first-order chi connectivity index (χ1) is 9.02. The maximum absolute atomic E-state index is 9.85. The van der Waals surface area contributed by atoms with Crippen LogP contribution in [0.5, 0.6) is 0 Å². The van der Waals surface area contributed by atoms with Crippen LogP contribution >= 0.6 is 0 Å². The minimum absolute atomic E-state index is 0.0397. The molecule has 1 heterocycles. The van der Waals surface area contributed by atoms with Crippen LogP contribution in [0.1, 0.15) is 65.2 Å². The Hall–Kier alpha value is -0.120. The third-order valence-corrected chi connectivity index (χ3v) is 5.91. The van der Waals surface area contributed by atoms with Crippen molar-refractivity contribution in [1.29, 1.82) is 0 Å². The molecule has 0 amide bonds. The molecule has 0 aromatic carbocycles. The predicted molar refractivity (Wildman–Crippen MR) is 76.1 cm³/mol. The van der Waals surface area contributed by atoms with Crippen LogP contribution in [0.3, 0.4) is 0 Å². The van der Waals surface area contributed by atoms with E-state index in [0.717, 1.165) is 19.4 Å². The Balaban J connectivity index is 1.57. The SMILES string of the molecule is CC1(C)C(O)CC1NC1CCOC2(CCCCC2)C1. The van der Waals surface area contributed by atoms with Crippen LogP contribution in [0, 0.1) is 5.41 Å². The summed E-state index contributed by atoms with van der Waals surface area (Å²) in [6, 6.07) is 1.06. The third-order valence-electron chi connectivity index (χ3n) is 5.91. The average molecular weight is 267 g/mol. The van der Waals surface area contributed by atoms with Gasteiger partial charge in [0, 0.05) is 24.1 Å². The van der Waals surface area contributed by atoms with E-state index < -0.39 is 0 Å². The second kappa shape index (κ2) is 5.01. The first kappa shape index (κ1) is 13.8. The lowest BCUT2D eigenvalue weighted by molar-refractivity contribution is -0.122. The van der Waals surface area contributed by atoms with Crippen LogP contribution in [0.4, 0.5) is 0 Å². The molecule has 1 aliphatic heterocycles. The topological polar surface area (TPSA) is 41.5 Å². The summed E-state index contributed by atoms with van der Waals surface area (Å²) in [5.41, 5.74) is 0.221.